The van der Waals surface area contributed by atoms with Gasteiger partial charge in [-0.05, 0) is 44.5 Å². The third-order valence-electron chi connectivity index (χ3n) is 5.08. The lowest BCUT2D eigenvalue weighted by atomic mass is 10.00. The highest BCUT2D eigenvalue weighted by molar-refractivity contribution is 5.89. The maximum Gasteiger partial charge on any atom is 0.415 e. The van der Waals surface area contributed by atoms with Gasteiger partial charge in [-0.3, -0.25) is 4.57 Å². The Morgan fingerprint density at radius 3 is 2.79 bits per heavy atom. The van der Waals surface area contributed by atoms with Crippen LogP contribution >= 0.6 is 0 Å². The highest BCUT2D eigenvalue weighted by Gasteiger charge is 2.30. The normalized spacial score (nSPS) is 15.8. The van der Waals surface area contributed by atoms with E-state index < -0.39 is 6.09 Å². The van der Waals surface area contributed by atoms with E-state index in [9.17, 15) is 14.7 Å². The molecule has 1 aromatic carbocycles. The van der Waals surface area contributed by atoms with Crippen molar-refractivity contribution in [3.63, 3.8) is 0 Å². The molecule has 1 aliphatic rings. The molecule has 0 fully saturated rings. The highest BCUT2D eigenvalue weighted by atomic mass is 16.5. The number of nitrogens with one attached hydrogen (secondary N) is 1. The number of benzene rings is 1. The van der Waals surface area contributed by atoms with Gasteiger partial charge in [0.15, 0.2) is 0 Å². The Labute approximate surface area is 166 Å². The van der Waals surface area contributed by atoms with Crippen LogP contribution in [0.3, 0.4) is 0 Å². The summed E-state index contributed by atoms with van der Waals surface area (Å²) >= 11 is 0. The van der Waals surface area contributed by atoms with Gasteiger partial charge in [-0.15, -0.1) is 0 Å². The lowest BCUT2D eigenvalue weighted by Crippen LogP contribution is -2.47. The second kappa shape index (κ2) is 7.08. The monoisotopic (exact) mass is 395 g/mol. The van der Waals surface area contributed by atoms with E-state index >= 15 is 0 Å². The number of carbonyl (C=O) groups is 2. The van der Waals surface area contributed by atoms with Crippen molar-refractivity contribution in [1.82, 2.24) is 24.8 Å². The summed E-state index contributed by atoms with van der Waals surface area (Å²) in [5, 5.41) is 12.6. The van der Waals surface area contributed by atoms with Crippen LogP contribution in [0.4, 0.5) is 9.59 Å². The van der Waals surface area contributed by atoms with E-state index in [2.05, 4.69) is 15.3 Å². The van der Waals surface area contributed by atoms with Crippen LogP contribution in [0.15, 0.2) is 30.5 Å². The average molecular weight is 395 g/mol. The van der Waals surface area contributed by atoms with Gasteiger partial charge in [0.2, 0.25) is 5.88 Å². The van der Waals surface area contributed by atoms with E-state index in [-0.39, 0.29) is 12.1 Å². The van der Waals surface area contributed by atoms with Gasteiger partial charge in [0.1, 0.15) is 11.6 Å². The molecule has 9 nitrogen and oxygen atoms in total. The average Bonchev–Trinajstić information content (AvgIpc) is 3.11. The molecule has 1 aliphatic heterocycles. The molecule has 9 heteroatoms. The van der Waals surface area contributed by atoms with Gasteiger partial charge in [-0.2, -0.15) is 4.98 Å². The highest BCUT2D eigenvalue weighted by Crippen LogP contribution is 2.32. The number of nitrogens with zero attached hydrogens (tertiary/aromatic N) is 4. The Morgan fingerprint density at radius 2 is 2.07 bits per heavy atom. The van der Waals surface area contributed by atoms with E-state index in [1.165, 1.54) is 6.20 Å². The molecule has 29 heavy (non-hydrogen) atoms. The first-order valence-electron chi connectivity index (χ1n) is 9.24. The number of hydrogen-bond donors (Lipinski definition) is 2. The van der Waals surface area contributed by atoms with Gasteiger partial charge in [-0.1, -0.05) is 0 Å². The molecular weight excluding hydrogens is 374 g/mol. The molecule has 0 bridgehead atoms. The molecule has 0 aliphatic carbocycles. The van der Waals surface area contributed by atoms with Crippen LogP contribution in [0, 0.1) is 6.92 Å². The first kappa shape index (κ1) is 18.7. The van der Waals surface area contributed by atoms with Crippen molar-refractivity contribution >= 4 is 23.0 Å². The third-order valence-corrected chi connectivity index (χ3v) is 5.08. The molecule has 0 spiro atoms. The fraction of sp³-hybridized carbons (Fsp3) is 0.300. The molecule has 0 saturated heterocycles. The number of aryl methyl sites for hydroxylation is 1. The number of fused-ring (bicyclic) bond motifs is 2. The van der Waals surface area contributed by atoms with Crippen molar-refractivity contribution in [1.29, 1.82) is 0 Å². The number of hydrogen-bond acceptors (Lipinski definition) is 5. The number of aromatic nitrogens is 3. The van der Waals surface area contributed by atoms with E-state index in [0.717, 1.165) is 21.2 Å². The second-order valence-electron chi connectivity index (χ2n) is 7.03. The minimum atomic E-state index is -1.04. The van der Waals surface area contributed by atoms with Crippen molar-refractivity contribution < 1.29 is 19.4 Å². The number of ether oxygens (including phenoxy) is 1. The van der Waals surface area contributed by atoms with Gasteiger partial charge in [-0.25, -0.2) is 14.6 Å². The predicted octanol–water partition coefficient (Wildman–Crippen LogP) is 3.14. The Morgan fingerprint density at radius 1 is 1.28 bits per heavy atom. The van der Waals surface area contributed by atoms with E-state index in [0.29, 0.717) is 35.9 Å². The molecule has 1 atom stereocenters. The van der Waals surface area contributed by atoms with Crippen molar-refractivity contribution in [2.75, 3.05) is 7.05 Å². The summed E-state index contributed by atoms with van der Waals surface area (Å²) in [5.74, 6) is 1.58. The zero-order valence-electron chi connectivity index (χ0n) is 16.3. The standard InChI is InChI=1S/C20H21N5O4/c1-11-8-15-16(10-25(11)19(26)21-3)22-12(2)23-18(15)29-14-4-5-17-13(9-14)6-7-24(17)20(27)28/h4-7,9,11H,8,10H2,1-3H3,(H,21,26)(H,27,28)/t11-/m0/s1. The maximum absolute atomic E-state index is 12.1. The molecule has 3 heterocycles. The van der Waals surface area contributed by atoms with Gasteiger partial charge in [0.05, 0.1) is 17.8 Å². The zero-order chi connectivity index (χ0) is 20.7. The SMILES string of the molecule is CNC(=O)N1Cc2nc(C)nc(Oc3ccc4c(ccn4C(=O)O)c3)c2C[C@@H]1C. The number of carbonyl (C=O) groups excluding carboxylic acids is 1. The zero-order valence-corrected chi connectivity index (χ0v) is 16.3. The first-order chi connectivity index (χ1) is 13.9. The van der Waals surface area contributed by atoms with Gasteiger partial charge in [0.25, 0.3) is 0 Å². The Kier molecular flexibility index (Phi) is 4.57. The minimum Gasteiger partial charge on any atom is -0.464 e. The summed E-state index contributed by atoms with van der Waals surface area (Å²) in [6.45, 7) is 4.14. The molecule has 2 amide bonds. The van der Waals surface area contributed by atoms with Crippen LogP contribution in [0.25, 0.3) is 10.9 Å². The van der Waals surface area contributed by atoms with Crippen LogP contribution < -0.4 is 10.1 Å². The number of rotatable bonds is 2. The molecule has 0 radical (unpaired) electrons. The molecule has 3 aromatic rings. The van der Waals surface area contributed by atoms with Crippen molar-refractivity contribution in [2.45, 2.75) is 32.9 Å². The first-order valence-corrected chi connectivity index (χ1v) is 9.24. The lowest BCUT2D eigenvalue weighted by molar-refractivity contribution is 0.168. The van der Waals surface area contributed by atoms with E-state index in [1.807, 2.05) is 6.92 Å². The van der Waals surface area contributed by atoms with E-state index in [4.69, 9.17) is 4.74 Å². The molecule has 2 aromatic heterocycles. The number of urea groups is 1. The largest absolute Gasteiger partial charge is 0.464 e. The summed E-state index contributed by atoms with van der Waals surface area (Å²) in [4.78, 5) is 34.1. The predicted molar refractivity (Wildman–Crippen MR) is 105 cm³/mol. The Balaban J connectivity index is 1.68. The molecular formula is C20H21N5O4. The van der Waals surface area contributed by atoms with Crippen LogP contribution in [-0.4, -0.2) is 49.8 Å². The summed E-state index contributed by atoms with van der Waals surface area (Å²) < 4.78 is 7.24. The van der Waals surface area contributed by atoms with Crippen LogP contribution in [-0.2, 0) is 13.0 Å². The molecule has 0 saturated carbocycles. The number of amides is 2. The van der Waals surface area contributed by atoms with Crippen molar-refractivity contribution in [3.8, 4) is 11.6 Å². The number of carboxylic acid groups (broad SMARTS) is 1. The van der Waals surface area contributed by atoms with Crippen LogP contribution in [0.5, 0.6) is 11.6 Å². The Bertz CT molecular complexity index is 1120. The summed E-state index contributed by atoms with van der Waals surface area (Å²) in [5.41, 5.74) is 2.24. The second-order valence-corrected chi connectivity index (χ2v) is 7.03. The van der Waals surface area contributed by atoms with E-state index in [1.54, 1.807) is 43.1 Å². The topological polar surface area (TPSA) is 110 Å². The van der Waals surface area contributed by atoms with Crippen molar-refractivity contribution in [3.05, 3.63) is 47.5 Å². The quantitative estimate of drug-likeness (QED) is 0.690. The fourth-order valence-corrected chi connectivity index (χ4v) is 3.65. The summed E-state index contributed by atoms with van der Waals surface area (Å²) in [6.07, 6.45) is 1.04. The van der Waals surface area contributed by atoms with Gasteiger partial charge < -0.3 is 20.1 Å². The van der Waals surface area contributed by atoms with Gasteiger partial charge in [0, 0.05) is 30.2 Å². The van der Waals surface area contributed by atoms with Crippen LogP contribution in [0.2, 0.25) is 0 Å². The summed E-state index contributed by atoms with van der Waals surface area (Å²) in [6, 6.07) is 6.75. The van der Waals surface area contributed by atoms with Gasteiger partial charge >= 0.3 is 12.1 Å². The molecule has 4 rings (SSSR count). The lowest BCUT2D eigenvalue weighted by Gasteiger charge is -2.34. The summed E-state index contributed by atoms with van der Waals surface area (Å²) in [7, 11) is 1.61. The molecule has 0 unspecified atom stereocenters. The minimum absolute atomic E-state index is 0.0248. The fourth-order valence-electron chi connectivity index (χ4n) is 3.65. The smallest absolute Gasteiger partial charge is 0.415 e. The molecule has 150 valence electrons. The molecule has 2 N–H and O–H groups in total. The third kappa shape index (κ3) is 3.35. The maximum atomic E-state index is 12.1. The van der Waals surface area contributed by atoms with Crippen molar-refractivity contribution in [2.24, 2.45) is 0 Å². The van der Waals surface area contributed by atoms with Crippen LogP contribution in [0.1, 0.15) is 24.0 Å². The Hall–Kier alpha value is -3.62.